The van der Waals surface area contributed by atoms with Gasteiger partial charge in [0.2, 0.25) is 6.79 Å². The van der Waals surface area contributed by atoms with Gasteiger partial charge in [0.15, 0.2) is 11.5 Å². The number of aromatic carboxylic acids is 1. The van der Waals surface area contributed by atoms with E-state index in [1.165, 1.54) is 0 Å². The number of carbonyl (C=O) groups excluding carboxylic acids is 2. The summed E-state index contributed by atoms with van der Waals surface area (Å²) < 4.78 is 17.1. The summed E-state index contributed by atoms with van der Waals surface area (Å²) in [4.78, 5) is 41.5. The fraction of sp³-hybridized carbons (Fsp3) is 0.344. The summed E-state index contributed by atoms with van der Waals surface area (Å²) in [6.07, 6.45) is -0.313. The molecule has 0 spiro atoms. The van der Waals surface area contributed by atoms with Crippen LogP contribution < -0.4 is 24.8 Å². The summed E-state index contributed by atoms with van der Waals surface area (Å²) in [5.41, 5.74) is 2.36. The van der Waals surface area contributed by atoms with Gasteiger partial charge in [0.25, 0.3) is 5.91 Å². The smallest absolute Gasteiger partial charge is 0.335 e. The number of fused-ring (bicyclic) bond motifs is 2. The van der Waals surface area contributed by atoms with Crippen molar-refractivity contribution in [1.29, 1.82) is 0 Å². The molecule has 3 aromatic carbocycles. The lowest BCUT2D eigenvalue weighted by atomic mass is 9.99. The number of aliphatic hydroxyl groups is 1. The Morgan fingerprint density at radius 1 is 1.00 bits per heavy atom. The molecule has 0 fully saturated rings. The molecule has 0 radical (unpaired) electrons. The highest BCUT2D eigenvalue weighted by molar-refractivity contribution is 6.02. The number of amides is 3. The fourth-order valence-electron chi connectivity index (χ4n) is 5.22. The van der Waals surface area contributed by atoms with Crippen LogP contribution in [0.5, 0.6) is 17.2 Å². The van der Waals surface area contributed by atoms with Gasteiger partial charge in [-0.25, -0.2) is 9.59 Å². The van der Waals surface area contributed by atoms with E-state index in [0.29, 0.717) is 48.3 Å². The van der Waals surface area contributed by atoms with Gasteiger partial charge in [-0.2, -0.15) is 0 Å². The van der Waals surface area contributed by atoms with Gasteiger partial charge in [0.05, 0.1) is 23.8 Å². The van der Waals surface area contributed by atoms with Crippen LogP contribution in [0.3, 0.4) is 0 Å². The van der Waals surface area contributed by atoms with Crippen molar-refractivity contribution < 1.29 is 38.8 Å². The van der Waals surface area contributed by atoms with E-state index in [-0.39, 0.29) is 42.5 Å². The first kappa shape index (κ1) is 30.6. The maximum absolute atomic E-state index is 13.7. The number of carboxylic acid groups (broad SMARTS) is 1. The quantitative estimate of drug-likeness (QED) is 0.283. The largest absolute Gasteiger partial charge is 0.488 e. The fourth-order valence-corrected chi connectivity index (χ4v) is 5.22. The van der Waals surface area contributed by atoms with Gasteiger partial charge in [0.1, 0.15) is 11.9 Å². The normalized spacial score (nSPS) is 18.1. The number of urea groups is 1. The van der Waals surface area contributed by atoms with Gasteiger partial charge in [-0.15, -0.1) is 0 Å². The number of carbonyl (C=O) groups is 3. The zero-order chi connectivity index (χ0) is 31.4. The number of carboxylic acids is 1. The lowest BCUT2D eigenvalue weighted by molar-refractivity contribution is 0.0341. The maximum atomic E-state index is 13.7. The Balaban J connectivity index is 1.33. The van der Waals surface area contributed by atoms with Crippen LogP contribution >= 0.6 is 0 Å². The van der Waals surface area contributed by atoms with Crippen molar-refractivity contribution in [2.45, 2.75) is 32.5 Å². The molecule has 3 amide bonds. The van der Waals surface area contributed by atoms with Crippen LogP contribution in [0.15, 0.2) is 60.7 Å². The van der Waals surface area contributed by atoms with E-state index < -0.39 is 18.0 Å². The van der Waals surface area contributed by atoms with Gasteiger partial charge in [-0.3, -0.25) is 9.69 Å². The topological polar surface area (TPSA) is 150 Å². The second-order valence-corrected chi connectivity index (χ2v) is 11.2. The molecule has 12 heteroatoms. The van der Waals surface area contributed by atoms with Crippen molar-refractivity contribution in [3.05, 3.63) is 77.4 Å². The van der Waals surface area contributed by atoms with Gasteiger partial charge < -0.3 is 40.0 Å². The number of aliphatic hydroxyl groups excluding tert-OH is 1. The monoisotopic (exact) mass is 604 g/mol. The van der Waals surface area contributed by atoms with Crippen molar-refractivity contribution in [3.63, 3.8) is 0 Å². The highest BCUT2D eigenvalue weighted by Gasteiger charge is 2.33. The molecule has 0 aromatic heterocycles. The summed E-state index contributed by atoms with van der Waals surface area (Å²) in [5.74, 6) is 0.158. The summed E-state index contributed by atoms with van der Waals surface area (Å²) in [7, 11) is 1.95. The predicted octanol–water partition coefficient (Wildman–Crippen LogP) is 4.11. The first-order chi connectivity index (χ1) is 21.1. The molecule has 0 unspecified atom stereocenters. The minimum Gasteiger partial charge on any atom is -0.488 e. The molecule has 5 rings (SSSR count). The molecule has 2 heterocycles. The molecule has 3 aromatic rings. The first-order valence-electron chi connectivity index (χ1n) is 14.3. The zero-order valence-electron chi connectivity index (χ0n) is 24.8. The number of ether oxygens (including phenoxy) is 3. The molecule has 12 nitrogen and oxygen atoms in total. The van der Waals surface area contributed by atoms with Crippen LogP contribution in [0.1, 0.15) is 40.1 Å². The third kappa shape index (κ3) is 7.04. The molecule has 2 aliphatic rings. The Bertz CT molecular complexity index is 1530. The Morgan fingerprint density at radius 2 is 1.66 bits per heavy atom. The van der Waals surface area contributed by atoms with Crippen molar-refractivity contribution >= 4 is 29.3 Å². The molecular weight excluding hydrogens is 568 g/mol. The van der Waals surface area contributed by atoms with E-state index in [1.54, 1.807) is 72.5 Å². The number of benzene rings is 3. The number of nitrogens with zero attached hydrogens (tertiary/aromatic N) is 2. The number of hydrogen-bond donors (Lipinski definition) is 4. The van der Waals surface area contributed by atoms with Crippen LogP contribution in [0, 0.1) is 5.92 Å². The molecule has 3 atom stereocenters. The van der Waals surface area contributed by atoms with Crippen LogP contribution in [-0.4, -0.2) is 83.6 Å². The lowest BCUT2D eigenvalue weighted by Crippen LogP contribution is -2.49. The third-order valence-electron chi connectivity index (χ3n) is 7.70. The maximum Gasteiger partial charge on any atom is 0.335 e. The van der Waals surface area contributed by atoms with Crippen LogP contribution in [0.4, 0.5) is 16.2 Å². The van der Waals surface area contributed by atoms with Crippen molar-refractivity contribution in [2.75, 3.05) is 44.2 Å². The summed E-state index contributed by atoms with van der Waals surface area (Å²) in [6.45, 7) is 5.16. The van der Waals surface area contributed by atoms with E-state index in [1.807, 2.05) is 14.0 Å². The average molecular weight is 605 g/mol. The van der Waals surface area contributed by atoms with E-state index in [2.05, 4.69) is 15.5 Å². The van der Waals surface area contributed by atoms with Crippen LogP contribution in [0.25, 0.3) is 0 Å². The van der Waals surface area contributed by atoms with E-state index in [9.17, 15) is 24.6 Å². The summed E-state index contributed by atoms with van der Waals surface area (Å²) >= 11 is 0. The van der Waals surface area contributed by atoms with Crippen molar-refractivity contribution in [3.8, 4) is 17.2 Å². The Labute approximate surface area is 255 Å². The number of rotatable bonds is 9. The molecule has 0 bridgehead atoms. The minimum absolute atomic E-state index is 0.0804. The molecule has 0 saturated heterocycles. The van der Waals surface area contributed by atoms with Gasteiger partial charge in [-0.1, -0.05) is 19.1 Å². The van der Waals surface area contributed by atoms with E-state index in [4.69, 9.17) is 14.2 Å². The number of likely N-dealkylation sites (N-methyl/N-ethyl adjacent to an activating group) is 1. The summed E-state index contributed by atoms with van der Waals surface area (Å²) in [6, 6.07) is 15.8. The number of hydrogen-bond acceptors (Lipinski definition) is 8. The molecule has 44 heavy (non-hydrogen) atoms. The Hall–Kier alpha value is -4.81. The molecule has 0 saturated carbocycles. The highest BCUT2D eigenvalue weighted by Crippen LogP contribution is 2.34. The summed E-state index contributed by atoms with van der Waals surface area (Å²) in [5, 5.41) is 24.6. The molecule has 4 N–H and O–H groups in total. The standard InChI is InChI=1S/C32H36N4O8/c1-19-14-36(20(2)17-37)30(38)25-12-23(33-32(41)34-24-9-11-27-28(13-24)43-18-42-27)8-10-26(25)44-29(19)16-35(3)15-21-4-6-22(7-5-21)31(39)40/h4-13,19-20,29,37H,14-18H2,1-3H3,(H,39,40)(H2,33,34,41)/t19-,20-,29+/m1/s1. The molecular formula is C32H36N4O8. The predicted molar refractivity (Wildman–Crippen MR) is 163 cm³/mol. The third-order valence-corrected chi connectivity index (χ3v) is 7.70. The minimum atomic E-state index is -0.972. The van der Waals surface area contributed by atoms with Crippen LogP contribution in [0.2, 0.25) is 0 Å². The van der Waals surface area contributed by atoms with Crippen LogP contribution in [-0.2, 0) is 6.54 Å². The molecule has 2 aliphatic heterocycles. The number of nitrogens with one attached hydrogen (secondary N) is 2. The average Bonchev–Trinajstić information content (AvgIpc) is 3.47. The Morgan fingerprint density at radius 3 is 2.34 bits per heavy atom. The van der Waals surface area contributed by atoms with Gasteiger partial charge in [-0.05, 0) is 62.0 Å². The van der Waals surface area contributed by atoms with Crippen molar-refractivity contribution in [2.24, 2.45) is 5.92 Å². The lowest BCUT2D eigenvalue weighted by Gasteiger charge is -2.38. The second kappa shape index (κ2) is 13.2. The van der Waals surface area contributed by atoms with E-state index in [0.717, 1.165) is 5.56 Å². The Kier molecular flexibility index (Phi) is 9.21. The van der Waals surface area contributed by atoms with Gasteiger partial charge >= 0.3 is 12.0 Å². The molecule has 0 aliphatic carbocycles. The SMILES string of the molecule is C[C@@H]1CN([C@H](C)CO)C(=O)c2cc(NC(=O)Nc3ccc4c(c3)OCO4)ccc2O[C@H]1CN(C)Cc1ccc(C(=O)O)cc1. The van der Waals surface area contributed by atoms with Crippen molar-refractivity contribution in [1.82, 2.24) is 9.80 Å². The second-order valence-electron chi connectivity index (χ2n) is 11.2. The molecule has 232 valence electrons. The van der Waals surface area contributed by atoms with Gasteiger partial charge in [0, 0.05) is 43.0 Å². The number of anilines is 2. The first-order valence-corrected chi connectivity index (χ1v) is 14.3. The zero-order valence-corrected chi connectivity index (χ0v) is 24.8. The highest BCUT2D eigenvalue weighted by atomic mass is 16.7. The van der Waals surface area contributed by atoms with E-state index >= 15 is 0 Å².